The van der Waals surface area contributed by atoms with E-state index in [1.807, 2.05) is 0 Å². The van der Waals surface area contributed by atoms with Gasteiger partial charge in [0.2, 0.25) is 0 Å². The van der Waals surface area contributed by atoms with Crippen molar-refractivity contribution >= 4 is 29.1 Å². The molecule has 20 heavy (non-hydrogen) atoms. The number of nitrogens with one attached hydrogen (secondary N) is 1. The molecule has 1 N–H and O–H groups in total. The van der Waals surface area contributed by atoms with Gasteiger partial charge in [0.1, 0.15) is 0 Å². The number of amides is 1. The van der Waals surface area contributed by atoms with Crippen LogP contribution in [0.2, 0.25) is 0 Å². The molecule has 0 spiro atoms. The number of halogens is 1. The van der Waals surface area contributed by atoms with Crippen molar-refractivity contribution in [2.75, 3.05) is 0 Å². The van der Waals surface area contributed by atoms with Gasteiger partial charge in [-0.3, -0.25) is 14.9 Å². The fourth-order valence-electron chi connectivity index (χ4n) is 1.38. The zero-order valence-electron chi connectivity index (χ0n) is 9.95. The highest BCUT2D eigenvalue weighted by Gasteiger charge is 2.08. The number of rotatable bonds is 4. The van der Waals surface area contributed by atoms with Gasteiger partial charge in [0.15, 0.2) is 5.13 Å². The summed E-state index contributed by atoms with van der Waals surface area (Å²) in [5, 5.41) is 13.8. The number of hydrogen-bond donors (Lipinski definition) is 1. The molecule has 0 saturated carbocycles. The maximum Gasteiger partial charge on any atom is 0.281 e. The lowest BCUT2D eigenvalue weighted by Crippen LogP contribution is -2.16. The molecule has 0 fully saturated rings. The van der Waals surface area contributed by atoms with E-state index in [0.29, 0.717) is 16.9 Å². The van der Waals surface area contributed by atoms with Crippen molar-refractivity contribution in [2.45, 2.75) is 0 Å². The van der Waals surface area contributed by atoms with Gasteiger partial charge < -0.3 is 0 Å². The number of benzene rings is 1. The van der Waals surface area contributed by atoms with E-state index in [4.69, 9.17) is 0 Å². The van der Waals surface area contributed by atoms with E-state index >= 15 is 0 Å². The van der Waals surface area contributed by atoms with Crippen LogP contribution in [0.4, 0.5) is 10.1 Å². The van der Waals surface area contributed by atoms with E-state index < -0.39 is 16.0 Å². The van der Waals surface area contributed by atoms with Crippen LogP contribution in [-0.4, -0.2) is 17.0 Å². The van der Waals surface area contributed by atoms with Gasteiger partial charge in [-0.25, -0.2) is 5.43 Å². The smallest absolute Gasteiger partial charge is 0.266 e. The Morgan fingerprint density at radius 2 is 2.20 bits per heavy atom. The minimum atomic E-state index is -0.541. The third kappa shape index (κ3) is 3.45. The van der Waals surface area contributed by atoms with Gasteiger partial charge in [-0.2, -0.15) is 9.49 Å². The van der Waals surface area contributed by atoms with Crippen LogP contribution in [0.5, 0.6) is 0 Å². The lowest BCUT2D eigenvalue weighted by Gasteiger charge is -1.96. The summed E-state index contributed by atoms with van der Waals surface area (Å²) >= 11 is 0.707. The molecule has 0 radical (unpaired) electrons. The molecule has 2 aromatic rings. The standard InChI is InChI=1S/C12H8FN3O3S/c13-11-5-4-10(20-11)12(17)15-14-7-8-2-1-3-9(6-8)16(18)19/h1-7H,(H,15,17)/b14-7+. The van der Waals surface area contributed by atoms with Gasteiger partial charge in [-0.05, 0) is 12.1 Å². The second kappa shape index (κ2) is 6.02. The van der Waals surface area contributed by atoms with Crippen molar-refractivity contribution in [1.82, 2.24) is 5.43 Å². The summed E-state index contributed by atoms with van der Waals surface area (Å²) in [4.78, 5) is 21.8. The highest BCUT2D eigenvalue weighted by Crippen LogP contribution is 2.14. The lowest BCUT2D eigenvalue weighted by molar-refractivity contribution is -0.384. The van der Waals surface area contributed by atoms with E-state index in [9.17, 15) is 19.3 Å². The maximum atomic E-state index is 12.7. The second-order valence-electron chi connectivity index (χ2n) is 3.65. The average Bonchev–Trinajstić information content (AvgIpc) is 2.86. The number of carbonyl (C=O) groups excluding carboxylic acids is 1. The maximum absolute atomic E-state index is 12.7. The topological polar surface area (TPSA) is 84.6 Å². The van der Waals surface area contributed by atoms with E-state index in [0.717, 1.165) is 0 Å². The quantitative estimate of drug-likeness (QED) is 0.534. The third-order valence-electron chi connectivity index (χ3n) is 2.26. The molecule has 0 aliphatic carbocycles. The van der Waals surface area contributed by atoms with E-state index in [1.165, 1.54) is 36.5 Å². The molecule has 0 aliphatic heterocycles. The fraction of sp³-hybridized carbons (Fsp3) is 0. The van der Waals surface area contributed by atoms with Crippen LogP contribution in [0.15, 0.2) is 41.5 Å². The second-order valence-corrected chi connectivity index (χ2v) is 4.69. The molecular formula is C12H8FN3O3S. The van der Waals surface area contributed by atoms with Crippen LogP contribution in [0.25, 0.3) is 0 Å². The predicted octanol–water partition coefficient (Wildman–Crippen LogP) is 2.56. The largest absolute Gasteiger partial charge is 0.281 e. The van der Waals surface area contributed by atoms with Crippen LogP contribution < -0.4 is 5.43 Å². The van der Waals surface area contributed by atoms with E-state index in [-0.39, 0.29) is 10.6 Å². The highest BCUT2D eigenvalue weighted by atomic mass is 32.1. The van der Waals surface area contributed by atoms with Crippen LogP contribution in [0.1, 0.15) is 15.2 Å². The number of non-ortho nitro benzene ring substituents is 1. The number of thiophene rings is 1. The first-order valence-electron chi connectivity index (χ1n) is 5.39. The van der Waals surface area contributed by atoms with Crippen molar-refractivity contribution in [3.63, 3.8) is 0 Å². The molecule has 0 aliphatic rings. The summed E-state index contributed by atoms with van der Waals surface area (Å²) in [7, 11) is 0. The van der Waals surface area contributed by atoms with Gasteiger partial charge in [0, 0.05) is 17.7 Å². The fourth-order valence-corrected chi connectivity index (χ4v) is 2.00. The SMILES string of the molecule is O=C(N/N=C/c1cccc([N+](=O)[O-])c1)c1ccc(F)s1. The molecule has 0 saturated heterocycles. The van der Waals surface area contributed by atoms with Gasteiger partial charge in [0.05, 0.1) is 16.0 Å². The van der Waals surface area contributed by atoms with Gasteiger partial charge in [-0.1, -0.05) is 12.1 Å². The molecule has 1 heterocycles. The van der Waals surface area contributed by atoms with Crippen molar-refractivity contribution in [2.24, 2.45) is 5.10 Å². The summed E-state index contributed by atoms with van der Waals surface area (Å²) in [6, 6.07) is 8.32. The summed E-state index contributed by atoms with van der Waals surface area (Å²) < 4.78 is 12.7. The molecule has 1 aromatic carbocycles. The van der Waals surface area contributed by atoms with Gasteiger partial charge >= 0.3 is 0 Å². The summed E-state index contributed by atoms with van der Waals surface area (Å²) in [5.74, 6) is -0.541. The van der Waals surface area contributed by atoms with Crippen LogP contribution in [-0.2, 0) is 0 Å². The number of hydrazone groups is 1. The molecule has 2 rings (SSSR count). The molecule has 0 unspecified atom stereocenters. The Bertz CT molecular complexity index is 684. The normalized spacial score (nSPS) is 10.7. The number of carbonyl (C=O) groups is 1. The Balaban J connectivity index is 2.01. The monoisotopic (exact) mass is 293 g/mol. The van der Waals surface area contributed by atoms with E-state index in [2.05, 4.69) is 10.5 Å². The van der Waals surface area contributed by atoms with Crippen molar-refractivity contribution in [1.29, 1.82) is 0 Å². The van der Waals surface area contributed by atoms with Crippen LogP contribution >= 0.6 is 11.3 Å². The zero-order chi connectivity index (χ0) is 14.5. The zero-order valence-corrected chi connectivity index (χ0v) is 10.8. The van der Waals surface area contributed by atoms with Crippen molar-refractivity contribution in [3.8, 4) is 0 Å². The number of hydrogen-bond acceptors (Lipinski definition) is 5. The predicted molar refractivity (Wildman–Crippen MR) is 72.4 cm³/mol. The van der Waals surface area contributed by atoms with Crippen molar-refractivity contribution < 1.29 is 14.1 Å². The Hall–Kier alpha value is -2.61. The number of nitro benzene ring substituents is 1. The van der Waals surface area contributed by atoms with Crippen LogP contribution in [0.3, 0.4) is 0 Å². The molecule has 6 nitrogen and oxygen atoms in total. The first-order valence-corrected chi connectivity index (χ1v) is 6.21. The summed E-state index contributed by atoms with van der Waals surface area (Å²) in [5.41, 5.74) is 2.61. The first-order chi connectivity index (χ1) is 9.56. The summed E-state index contributed by atoms with van der Waals surface area (Å²) in [6.45, 7) is 0. The molecule has 0 bridgehead atoms. The minimum Gasteiger partial charge on any atom is -0.266 e. The Labute approximate surface area is 116 Å². The van der Waals surface area contributed by atoms with Gasteiger partial charge in [-0.15, -0.1) is 11.3 Å². The van der Waals surface area contributed by atoms with E-state index in [1.54, 1.807) is 6.07 Å². The third-order valence-corrected chi connectivity index (χ3v) is 3.13. The summed E-state index contributed by atoms with van der Waals surface area (Å²) in [6.07, 6.45) is 1.27. The Kier molecular flexibility index (Phi) is 4.16. The Morgan fingerprint density at radius 3 is 2.85 bits per heavy atom. The first kappa shape index (κ1) is 13.8. The van der Waals surface area contributed by atoms with Gasteiger partial charge in [0.25, 0.3) is 11.6 Å². The van der Waals surface area contributed by atoms with Crippen LogP contribution in [0, 0.1) is 15.2 Å². The molecule has 102 valence electrons. The molecule has 8 heteroatoms. The average molecular weight is 293 g/mol. The molecular weight excluding hydrogens is 285 g/mol. The number of nitrogens with zero attached hydrogens (tertiary/aromatic N) is 2. The molecule has 1 amide bonds. The molecule has 1 aromatic heterocycles. The molecule has 0 atom stereocenters. The van der Waals surface area contributed by atoms with Crippen molar-refractivity contribution in [3.05, 3.63) is 62.1 Å². The highest BCUT2D eigenvalue weighted by molar-refractivity contribution is 7.12. The Morgan fingerprint density at radius 1 is 1.40 bits per heavy atom. The lowest BCUT2D eigenvalue weighted by atomic mass is 10.2. The number of nitro groups is 1. The minimum absolute atomic E-state index is 0.0689.